The van der Waals surface area contributed by atoms with E-state index < -0.39 is 0 Å². The predicted octanol–water partition coefficient (Wildman–Crippen LogP) is 3.74. The average Bonchev–Trinajstić information content (AvgIpc) is 2.11. The largest absolute Gasteiger partial charge is 0.317 e. The van der Waals surface area contributed by atoms with Gasteiger partial charge in [-0.1, -0.05) is 39.5 Å². The lowest BCUT2D eigenvalue weighted by Gasteiger charge is -2.25. The molecule has 0 unspecified atom stereocenters. The van der Waals surface area contributed by atoms with Crippen molar-refractivity contribution < 1.29 is 0 Å². The molecule has 0 amide bonds. The van der Waals surface area contributed by atoms with E-state index in [1.807, 2.05) is 0 Å². The second kappa shape index (κ2) is 6.44. The van der Waals surface area contributed by atoms with E-state index in [-0.39, 0.29) is 0 Å². The van der Waals surface area contributed by atoms with Gasteiger partial charge >= 0.3 is 0 Å². The topological polar surface area (TPSA) is 12.0 Å². The maximum atomic E-state index is 3.54. The van der Waals surface area contributed by atoms with Crippen LogP contribution in [0.4, 0.5) is 0 Å². The molecule has 1 aliphatic rings. The van der Waals surface area contributed by atoms with Crippen LogP contribution in [0.2, 0.25) is 0 Å². The predicted molar refractivity (Wildman–Crippen MR) is 63.6 cm³/mol. The lowest BCUT2D eigenvalue weighted by molar-refractivity contribution is 0.282. The summed E-state index contributed by atoms with van der Waals surface area (Å²) >= 11 is 0. The fourth-order valence-electron chi connectivity index (χ4n) is 2.33. The summed E-state index contributed by atoms with van der Waals surface area (Å²) < 4.78 is 0. The number of hydrogen-bond donors (Lipinski definition) is 1. The van der Waals surface area contributed by atoms with E-state index in [0.29, 0.717) is 5.41 Å². The van der Waals surface area contributed by atoms with Crippen molar-refractivity contribution in [3.05, 3.63) is 0 Å². The van der Waals surface area contributed by atoms with Gasteiger partial charge in [-0.15, -0.1) is 0 Å². The van der Waals surface area contributed by atoms with Crippen molar-refractivity contribution in [2.45, 2.75) is 65.2 Å². The minimum atomic E-state index is 0.584. The maximum absolute atomic E-state index is 3.54. The zero-order chi connectivity index (χ0) is 10.3. The van der Waals surface area contributed by atoms with Crippen LogP contribution in [0.5, 0.6) is 0 Å². The molecule has 14 heavy (non-hydrogen) atoms. The van der Waals surface area contributed by atoms with E-state index in [1.54, 1.807) is 0 Å². The Morgan fingerprint density at radius 2 is 1.29 bits per heavy atom. The van der Waals surface area contributed by atoms with Gasteiger partial charge in [0.25, 0.3) is 0 Å². The third-order valence-electron chi connectivity index (χ3n) is 3.41. The zero-order valence-electron chi connectivity index (χ0n) is 10.1. The minimum Gasteiger partial charge on any atom is -0.317 e. The van der Waals surface area contributed by atoms with Gasteiger partial charge in [-0.05, 0) is 44.2 Å². The minimum absolute atomic E-state index is 0.584. The molecule has 0 atom stereocenters. The normalized spacial score (nSPS) is 26.1. The zero-order valence-corrected chi connectivity index (χ0v) is 10.1. The first-order chi connectivity index (χ1) is 6.71. The number of hydrogen-bond acceptors (Lipinski definition) is 1. The fourth-order valence-corrected chi connectivity index (χ4v) is 2.33. The van der Waals surface area contributed by atoms with Crippen LogP contribution in [0.25, 0.3) is 0 Å². The summed E-state index contributed by atoms with van der Waals surface area (Å²) in [7, 11) is 0. The van der Waals surface area contributed by atoms with Gasteiger partial charge in [0.2, 0.25) is 0 Å². The van der Waals surface area contributed by atoms with Crippen molar-refractivity contribution in [3.8, 4) is 0 Å². The Morgan fingerprint density at radius 1 is 0.714 bits per heavy atom. The highest BCUT2D eigenvalue weighted by atomic mass is 14.8. The Kier molecular flexibility index (Phi) is 5.54. The molecule has 0 bridgehead atoms. The summed E-state index contributed by atoms with van der Waals surface area (Å²) in [4.78, 5) is 0. The van der Waals surface area contributed by atoms with E-state index in [9.17, 15) is 0 Å². The quantitative estimate of drug-likeness (QED) is 0.624. The molecule has 1 aliphatic heterocycles. The number of rotatable bonds is 0. The lowest BCUT2D eigenvalue weighted by Crippen LogP contribution is -2.20. The summed E-state index contributed by atoms with van der Waals surface area (Å²) in [6.45, 7) is 7.32. The Morgan fingerprint density at radius 3 is 2.14 bits per heavy atom. The van der Waals surface area contributed by atoms with Gasteiger partial charge in [0.15, 0.2) is 0 Å². The molecule has 0 radical (unpaired) electrons. The van der Waals surface area contributed by atoms with Crippen LogP contribution >= 0.6 is 0 Å². The molecule has 1 heterocycles. The van der Waals surface area contributed by atoms with Gasteiger partial charge in [-0.25, -0.2) is 0 Å². The monoisotopic (exact) mass is 197 g/mol. The molecule has 1 N–H and O–H groups in total. The Labute approximate surface area is 89.7 Å². The standard InChI is InChI=1S/C13H27N/c1-13(2)9-6-4-3-5-7-11-14-12-8-10-13/h14H,3-12H2,1-2H3. The third-order valence-corrected chi connectivity index (χ3v) is 3.41. The van der Waals surface area contributed by atoms with Crippen molar-refractivity contribution in [1.82, 2.24) is 5.32 Å². The number of nitrogens with one attached hydrogen (secondary N) is 1. The summed E-state index contributed by atoms with van der Waals surface area (Å²) in [5.41, 5.74) is 0.584. The van der Waals surface area contributed by atoms with Crippen LogP contribution in [0.3, 0.4) is 0 Å². The molecule has 1 heteroatoms. The van der Waals surface area contributed by atoms with E-state index in [1.165, 1.54) is 64.5 Å². The molecule has 0 aromatic heterocycles. The Bertz CT molecular complexity index is 126. The lowest BCUT2D eigenvalue weighted by atomic mass is 9.82. The second-order valence-corrected chi connectivity index (χ2v) is 5.54. The van der Waals surface area contributed by atoms with E-state index in [0.717, 1.165) is 0 Å². The smallest absolute Gasteiger partial charge is 0.00487 e. The van der Waals surface area contributed by atoms with Crippen LogP contribution in [0.15, 0.2) is 0 Å². The molecule has 84 valence electrons. The first-order valence-corrected chi connectivity index (χ1v) is 6.41. The summed E-state index contributed by atoms with van der Waals surface area (Å²) in [6.07, 6.45) is 11.3. The highest BCUT2D eigenvalue weighted by molar-refractivity contribution is 4.69. The van der Waals surface area contributed by atoms with Crippen LogP contribution in [0, 0.1) is 5.41 Å². The molecule has 0 aromatic rings. The summed E-state index contributed by atoms with van der Waals surface area (Å²) in [6, 6.07) is 0. The van der Waals surface area contributed by atoms with Crippen LogP contribution < -0.4 is 5.32 Å². The van der Waals surface area contributed by atoms with Crippen LogP contribution in [0.1, 0.15) is 65.2 Å². The van der Waals surface area contributed by atoms with Crippen molar-refractivity contribution >= 4 is 0 Å². The van der Waals surface area contributed by atoms with Gasteiger partial charge in [-0.3, -0.25) is 0 Å². The molecular formula is C13H27N. The SMILES string of the molecule is CC1(C)CCCCCCCNCCC1. The van der Waals surface area contributed by atoms with Gasteiger partial charge in [0.1, 0.15) is 0 Å². The average molecular weight is 197 g/mol. The van der Waals surface area contributed by atoms with Crippen molar-refractivity contribution in [2.75, 3.05) is 13.1 Å². The maximum Gasteiger partial charge on any atom is -0.00487 e. The second-order valence-electron chi connectivity index (χ2n) is 5.54. The first kappa shape index (κ1) is 12.0. The van der Waals surface area contributed by atoms with Crippen LogP contribution in [-0.2, 0) is 0 Å². The van der Waals surface area contributed by atoms with Crippen molar-refractivity contribution in [2.24, 2.45) is 5.41 Å². The Balaban J connectivity index is 2.24. The van der Waals surface area contributed by atoms with Gasteiger partial charge < -0.3 is 5.32 Å². The molecule has 0 aliphatic carbocycles. The Hall–Kier alpha value is -0.0400. The van der Waals surface area contributed by atoms with E-state index in [2.05, 4.69) is 19.2 Å². The third kappa shape index (κ3) is 5.64. The summed E-state index contributed by atoms with van der Waals surface area (Å²) in [5.74, 6) is 0. The van der Waals surface area contributed by atoms with Crippen molar-refractivity contribution in [3.63, 3.8) is 0 Å². The van der Waals surface area contributed by atoms with E-state index >= 15 is 0 Å². The first-order valence-electron chi connectivity index (χ1n) is 6.41. The van der Waals surface area contributed by atoms with Gasteiger partial charge in [0, 0.05) is 0 Å². The molecule has 0 saturated carbocycles. The molecular weight excluding hydrogens is 170 g/mol. The molecule has 0 spiro atoms. The van der Waals surface area contributed by atoms with E-state index in [4.69, 9.17) is 0 Å². The van der Waals surface area contributed by atoms with Crippen molar-refractivity contribution in [1.29, 1.82) is 0 Å². The van der Waals surface area contributed by atoms with Gasteiger partial charge in [-0.2, -0.15) is 0 Å². The highest BCUT2D eigenvalue weighted by Gasteiger charge is 2.16. The molecule has 1 fully saturated rings. The molecule has 1 rings (SSSR count). The molecule has 1 nitrogen and oxygen atoms in total. The molecule has 0 aromatic carbocycles. The fraction of sp³-hybridized carbons (Fsp3) is 1.00. The van der Waals surface area contributed by atoms with Gasteiger partial charge in [0.05, 0.1) is 0 Å². The molecule has 1 saturated heterocycles. The summed E-state index contributed by atoms with van der Waals surface area (Å²) in [5, 5.41) is 3.54. The highest BCUT2D eigenvalue weighted by Crippen LogP contribution is 2.29. The van der Waals surface area contributed by atoms with Crippen LogP contribution in [-0.4, -0.2) is 13.1 Å².